The van der Waals surface area contributed by atoms with Crippen LogP contribution >= 0.6 is 11.6 Å². The van der Waals surface area contributed by atoms with Gasteiger partial charge in [-0.1, -0.05) is 23.7 Å². The van der Waals surface area contributed by atoms with E-state index in [1.165, 1.54) is 19.2 Å². The first-order valence-corrected chi connectivity index (χ1v) is 8.42. The van der Waals surface area contributed by atoms with Crippen LogP contribution < -0.4 is 10.6 Å². The number of rotatable bonds is 7. The second kappa shape index (κ2) is 9.68. The van der Waals surface area contributed by atoms with E-state index >= 15 is 0 Å². The molecule has 6 nitrogen and oxygen atoms in total. The Morgan fingerprint density at radius 3 is 2.30 bits per heavy atom. The molecule has 0 aliphatic rings. The van der Waals surface area contributed by atoms with Crippen LogP contribution in [0.4, 0.5) is 4.39 Å². The topological polar surface area (TPSA) is 84.5 Å². The second-order valence-electron chi connectivity index (χ2n) is 5.64. The smallest absolute Gasteiger partial charge is 0.307 e. The molecule has 2 aromatic carbocycles. The molecular formula is C19H18ClFN2O4. The monoisotopic (exact) mass is 392 g/mol. The number of hydrogen-bond acceptors (Lipinski definition) is 4. The third-order valence-corrected chi connectivity index (χ3v) is 3.97. The zero-order valence-corrected chi connectivity index (χ0v) is 15.3. The normalized spacial score (nSPS) is 11.4. The lowest BCUT2D eigenvalue weighted by molar-refractivity contribution is -0.141. The Kier molecular flexibility index (Phi) is 7.31. The van der Waals surface area contributed by atoms with Crippen molar-refractivity contribution >= 4 is 29.4 Å². The third kappa shape index (κ3) is 6.38. The summed E-state index contributed by atoms with van der Waals surface area (Å²) in [6.45, 7) is -0.304. The predicted octanol–water partition coefficient (Wildman–Crippen LogP) is 2.63. The fourth-order valence-electron chi connectivity index (χ4n) is 2.31. The lowest BCUT2D eigenvalue weighted by atomic mass is 10.0. The van der Waals surface area contributed by atoms with Gasteiger partial charge in [0, 0.05) is 10.6 Å². The molecule has 2 aromatic rings. The molecular weight excluding hydrogens is 375 g/mol. The highest BCUT2D eigenvalue weighted by Gasteiger charge is 2.19. The number of halogens is 2. The van der Waals surface area contributed by atoms with Gasteiger partial charge < -0.3 is 15.4 Å². The van der Waals surface area contributed by atoms with Gasteiger partial charge in [0.05, 0.1) is 26.1 Å². The molecule has 0 saturated carbocycles. The molecule has 0 fully saturated rings. The van der Waals surface area contributed by atoms with E-state index in [9.17, 15) is 18.8 Å². The number of methoxy groups -OCH3 is 1. The minimum absolute atomic E-state index is 0.0736. The molecule has 0 saturated heterocycles. The van der Waals surface area contributed by atoms with Crippen molar-refractivity contribution in [2.24, 2.45) is 0 Å². The maximum Gasteiger partial charge on any atom is 0.307 e. The minimum Gasteiger partial charge on any atom is -0.469 e. The number of carbonyl (C=O) groups is 3. The summed E-state index contributed by atoms with van der Waals surface area (Å²) in [6, 6.07) is 11.0. The third-order valence-electron chi connectivity index (χ3n) is 3.72. The summed E-state index contributed by atoms with van der Waals surface area (Å²) in [5.74, 6) is -1.96. The number of carbonyl (C=O) groups excluding carboxylic acids is 3. The molecule has 2 N–H and O–H groups in total. The van der Waals surface area contributed by atoms with E-state index in [1.54, 1.807) is 24.3 Å². The SMILES string of the molecule is COC(=O)C[C@H](NC(=O)CNC(=O)c1ccc(F)cc1)c1ccc(Cl)cc1. The second-order valence-corrected chi connectivity index (χ2v) is 6.08. The molecule has 0 radical (unpaired) electrons. The van der Waals surface area contributed by atoms with Crippen LogP contribution in [0.5, 0.6) is 0 Å². The van der Waals surface area contributed by atoms with Gasteiger partial charge in [0.25, 0.3) is 5.91 Å². The molecule has 0 aliphatic heterocycles. The number of nitrogens with one attached hydrogen (secondary N) is 2. The summed E-state index contributed by atoms with van der Waals surface area (Å²) >= 11 is 5.86. The van der Waals surface area contributed by atoms with Crippen LogP contribution in [0.1, 0.15) is 28.4 Å². The quantitative estimate of drug-likeness (QED) is 0.709. The van der Waals surface area contributed by atoms with Gasteiger partial charge in [-0.05, 0) is 42.0 Å². The van der Waals surface area contributed by atoms with Gasteiger partial charge in [-0.3, -0.25) is 14.4 Å². The molecule has 0 bridgehead atoms. The summed E-state index contributed by atoms with van der Waals surface area (Å²) in [7, 11) is 1.26. The van der Waals surface area contributed by atoms with Gasteiger partial charge in [0.15, 0.2) is 0 Å². The van der Waals surface area contributed by atoms with Crippen LogP contribution in [0.25, 0.3) is 0 Å². The van der Waals surface area contributed by atoms with Gasteiger partial charge >= 0.3 is 5.97 Å². The largest absolute Gasteiger partial charge is 0.469 e. The molecule has 142 valence electrons. The van der Waals surface area contributed by atoms with Gasteiger partial charge in [-0.25, -0.2) is 4.39 Å². The molecule has 0 aromatic heterocycles. The first-order valence-electron chi connectivity index (χ1n) is 8.04. The van der Waals surface area contributed by atoms with Crippen LogP contribution in [0.2, 0.25) is 5.02 Å². The van der Waals surface area contributed by atoms with Crippen molar-refractivity contribution in [3.8, 4) is 0 Å². The van der Waals surface area contributed by atoms with E-state index in [0.717, 1.165) is 12.1 Å². The van der Waals surface area contributed by atoms with Crippen LogP contribution in [0.3, 0.4) is 0 Å². The Morgan fingerprint density at radius 2 is 1.70 bits per heavy atom. The summed E-state index contributed by atoms with van der Waals surface area (Å²) in [6.07, 6.45) is -0.0736. The van der Waals surface area contributed by atoms with Crippen molar-refractivity contribution < 1.29 is 23.5 Å². The van der Waals surface area contributed by atoms with Crippen molar-refractivity contribution in [3.63, 3.8) is 0 Å². The molecule has 0 unspecified atom stereocenters. The van der Waals surface area contributed by atoms with Gasteiger partial charge in [0.1, 0.15) is 5.82 Å². The summed E-state index contributed by atoms with van der Waals surface area (Å²) in [5, 5.41) is 5.64. The number of ether oxygens (including phenoxy) is 1. The van der Waals surface area contributed by atoms with Crippen molar-refractivity contribution in [2.75, 3.05) is 13.7 Å². The average molecular weight is 393 g/mol. The number of amides is 2. The van der Waals surface area contributed by atoms with Crippen molar-refractivity contribution in [2.45, 2.75) is 12.5 Å². The average Bonchev–Trinajstić information content (AvgIpc) is 2.66. The van der Waals surface area contributed by atoms with E-state index in [4.69, 9.17) is 11.6 Å². The molecule has 0 aliphatic carbocycles. The Morgan fingerprint density at radius 1 is 1.07 bits per heavy atom. The number of benzene rings is 2. The van der Waals surface area contributed by atoms with E-state index < -0.39 is 29.6 Å². The minimum atomic E-state index is -0.634. The Balaban J connectivity index is 1.98. The molecule has 27 heavy (non-hydrogen) atoms. The van der Waals surface area contributed by atoms with Crippen LogP contribution in [0, 0.1) is 5.82 Å². The van der Waals surface area contributed by atoms with E-state index in [2.05, 4.69) is 15.4 Å². The fourth-order valence-corrected chi connectivity index (χ4v) is 2.43. The number of hydrogen-bond donors (Lipinski definition) is 2. The standard InChI is InChI=1S/C19H18ClFN2O4/c1-27-18(25)10-16(12-2-6-14(20)7-3-12)23-17(24)11-22-19(26)13-4-8-15(21)9-5-13/h2-9,16H,10-11H2,1H3,(H,22,26)(H,23,24)/t16-/m0/s1. The van der Waals surface area contributed by atoms with Crippen molar-refractivity contribution in [1.82, 2.24) is 10.6 Å². The van der Waals surface area contributed by atoms with Gasteiger partial charge in [-0.2, -0.15) is 0 Å². The molecule has 8 heteroatoms. The fraction of sp³-hybridized carbons (Fsp3) is 0.211. The van der Waals surface area contributed by atoms with Crippen molar-refractivity contribution in [3.05, 3.63) is 70.5 Å². The van der Waals surface area contributed by atoms with E-state index in [1.807, 2.05) is 0 Å². The lowest BCUT2D eigenvalue weighted by Crippen LogP contribution is -2.39. The Bertz CT molecular complexity index is 809. The summed E-state index contributed by atoms with van der Waals surface area (Å²) < 4.78 is 17.5. The molecule has 2 rings (SSSR count). The van der Waals surface area contributed by atoms with E-state index in [-0.39, 0.29) is 18.5 Å². The number of esters is 1. The molecule has 0 spiro atoms. The summed E-state index contributed by atoms with van der Waals surface area (Å²) in [4.78, 5) is 35.8. The highest BCUT2D eigenvalue weighted by atomic mass is 35.5. The molecule has 0 heterocycles. The Labute approximate surface area is 160 Å². The zero-order valence-electron chi connectivity index (χ0n) is 14.5. The maximum atomic E-state index is 12.9. The first-order chi connectivity index (χ1) is 12.9. The van der Waals surface area contributed by atoms with Crippen LogP contribution in [0.15, 0.2) is 48.5 Å². The maximum absolute atomic E-state index is 12.9. The molecule has 2 amide bonds. The zero-order chi connectivity index (χ0) is 19.8. The predicted molar refractivity (Wildman–Crippen MR) is 97.7 cm³/mol. The van der Waals surface area contributed by atoms with Gasteiger partial charge in [0.2, 0.25) is 5.91 Å². The van der Waals surface area contributed by atoms with Crippen LogP contribution in [-0.4, -0.2) is 31.4 Å². The van der Waals surface area contributed by atoms with E-state index in [0.29, 0.717) is 10.6 Å². The highest BCUT2D eigenvalue weighted by molar-refractivity contribution is 6.30. The summed E-state index contributed by atoms with van der Waals surface area (Å²) in [5.41, 5.74) is 0.899. The highest BCUT2D eigenvalue weighted by Crippen LogP contribution is 2.20. The van der Waals surface area contributed by atoms with Gasteiger partial charge in [-0.15, -0.1) is 0 Å². The first kappa shape index (κ1) is 20.4. The van der Waals surface area contributed by atoms with Crippen molar-refractivity contribution in [1.29, 1.82) is 0 Å². The molecule has 1 atom stereocenters. The van der Waals surface area contributed by atoms with Crippen LogP contribution in [-0.2, 0) is 14.3 Å². The Hall–Kier alpha value is -2.93. The lowest BCUT2D eigenvalue weighted by Gasteiger charge is -2.18.